The van der Waals surface area contributed by atoms with E-state index in [1.165, 1.54) is 12.8 Å². The largest absolute Gasteiger partial charge is 0.353 e. The molecule has 2 atom stereocenters. The normalized spacial score (nSPS) is 19.3. The minimum Gasteiger partial charge on any atom is -0.353 e. The molecule has 0 aromatic carbocycles. The molecule has 1 saturated heterocycles. The first kappa shape index (κ1) is 23.2. The molecule has 0 radical (unpaired) electrons. The lowest BCUT2D eigenvalue weighted by Crippen LogP contribution is -2.49. The van der Waals surface area contributed by atoms with E-state index in [0.29, 0.717) is 18.5 Å². The second-order valence-corrected chi connectivity index (χ2v) is 6.55. The van der Waals surface area contributed by atoms with Crippen molar-refractivity contribution >= 4 is 30.7 Å². The summed E-state index contributed by atoms with van der Waals surface area (Å²) in [4.78, 5) is 14.3. The molecule has 0 saturated carbocycles. The van der Waals surface area contributed by atoms with Crippen LogP contribution in [-0.4, -0.2) is 42.5 Å². The molecule has 128 valence electrons. The van der Waals surface area contributed by atoms with Crippen molar-refractivity contribution in [2.24, 2.45) is 17.6 Å². The van der Waals surface area contributed by atoms with Gasteiger partial charge in [-0.1, -0.05) is 20.8 Å². The first-order chi connectivity index (χ1) is 8.90. The van der Waals surface area contributed by atoms with Crippen LogP contribution in [0.3, 0.4) is 0 Å². The van der Waals surface area contributed by atoms with Gasteiger partial charge in [-0.15, -0.1) is 24.8 Å². The van der Waals surface area contributed by atoms with E-state index in [1.807, 2.05) is 0 Å². The highest BCUT2D eigenvalue weighted by atomic mass is 35.5. The third-order valence-electron chi connectivity index (χ3n) is 4.08. The summed E-state index contributed by atoms with van der Waals surface area (Å²) in [5, 5.41) is 2.99. The Hall–Kier alpha value is -0.0300. The topological polar surface area (TPSA) is 58.4 Å². The zero-order valence-electron chi connectivity index (χ0n) is 13.8. The maximum absolute atomic E-state index is 11.9. The second-order valence-electron chi connectivity index (χ2n) is 6.55. The molecule has 1 aliphatic heterocycles. The Balaban J connectivity index is 0. The predicted octanol–water partition coefficient (Wildman–Crippen LogP) is 2.44. The van der Waals surface area contributed by atoms with Crippen LogP contribution in [-0.2, 0) is 4.79 Å². The van der Waals surface area contributed by atoms with Gasteiger partial charge in [0.05, 0.1) is 6.04 Å². The van der Waals surface area contributed by atoms with Crippen molar-refractivity contribution in [3.05, 3.63) is 0 Å². The molecule has 4 nitrogen and oxygen atoms in total. The Morgan fingerprint density at radius 3 is 2.24 bits per heavy atom. The van der Waals surface area contributed by atoms with Crippen LogP contribution in [0.25, 0.3) is 0 Å². The highest BCUT2D eigenvalue weighted by Crippen LogP contribution is 2.17. The van der Waals surface area contributed by atoms with Gasteiger partial charge in [-0.05, 0) is 51.1 Å². The van der Waals surface area contributed by atoms with E-state index >= 15 is 0 Å². The highest BCUT2D eigenvalue weighted by molar-refractivity contribution is 5.85. The van der Waals surface area contributed by atoms with Crippen molar-refractivity contribution < 1.29 is 4.79 Å². The zero-order valence-corrected chi connectivity index (χ0v) is 15.4. The number of carbonyl (C=O) groups is 1. The molecule has 0 aromatic rings. The number of amides is 1. The van der Waals surface area contributed by atoms with E-state index in [1.54, 1.807) is 0 Å². The van der Waals surface area contributed by atoms with E-state index in [9.17, 15) is 4.79 Å². The number of hydrogen-bond donors (Lipinski definition) is 2. The lowest BCUT2D eigenvalue weighted by Gasteiger charge is -2.35. The molecule has 1 unspecified atom stereocenters. The fourth-order valence-electron chi connectivity index (χ4n) is 2.59. The third kappa shape index (κ3) is 8.87. The smallest absolute Gasteiger partial charge is 0.236 e. The molecule has 1 aliphatic rings. The summed E-state index contributed by atoms with van der Waals surface area (Å²) >= 11 is 0. The summed E-state index contributed by atoms with van der Waals surface area (Å²) in [6, 6.07) is 0.0382. The molecule has 0 spiro atoms. The van der Waals surface area contributed by atoms with Gasteiger partial charge >= 0.3 is 0 Å². The molecular weight excluding hydrogens is 309 g/mol. The molecule has 1 heterocycles. The first-order valence-corrected chi connectivity index (χ1v) is 7.67. The predicted molar refractivity (Wildman–Crippen MR) is 94.4 cm³/mol. The SMILES string of the molecule is CC(C)C[C@H](N)C(=O)NCC(C)N1CCC(C)CC1.Cl.Cl. The molecule has 21 heavy (non-hydrogen) atoms. The van der Waals surface area contributed by atoms with Crippen LogP contribution in [0.4, 0.5) is 0 Å². The van der Waals surface area contributed by atoms with E-state index in [-0.39, 0.29) is 36.8 Å². The van der Waals surface area contributed by atoms with E-state index in [0.717, 1.165) is 25.4 Å². The van der Waals surface area contributed by atoms with Crippen LogP contribution in [0.5, 0.6) is 0 Å². The molecule has 1 rings (SSSR count). The van der Waals surface area contributed by atoms with E-state index in [2.05, 4.69) is 37.9 Å². The van der Waals surface area contributed by atoms with Crippen LogP contribution >= 0.6 is 24.8 Å². The molecule has 1 amide bonds. The van der Waals surface area contributed by atoms with Crippen molar-refractivity contribution in [1.29, 1.82) is 0 Å². The lowest BCUT2D eigenvalue weighted by atomic mass is 9.98. The molecular formula is C15H33Cl2N3O. The number of halogens is 2. The minimum absolute atomic E-state index is 0. The Labute approximate surface area is 142 Å². The van der Waals surface area contributed by atoms with Gasteiger partial charge in [0.25, 0.3) is 0 Å². The number of rotatable bonds is 6. The molecule has 3 N–H and O–H groups in total. The highest BCUT2D eigenvalue weighted by Gasteiger charge is 2.21. The Morgan fingerprint density at radius 2 is 1.76 bits per heavy atom. The van der Waals surface area contributed by atoms with Crippen molar-refractivity contribution in [3.63, 3.8) is 0 Å². The average molecular weight is 342 g/mol. The number of hydrogen-bond acceptors (Lipinski definition) is 3. The van der Waals surface area contributed by atoms with Gasteiger partial charge in [0, 0.05) is 12.6 Å². The number of carbonyl (C=O) groups excluding carboxylic acids is 1. The van der Waals surface area contributed by atoms with Gasteiger partial charge in [0.1, 0.15) is 0 Å². The number of nitrogens with zero attached hydrogens (tertiary/aromatic N) is 1. The van der Waals surface area contributed by atoms with E-state index < -0.39 is 0 Å². The van der Waals surface area contributed by atoms with Gasteiger partial charge in [0.2, 0.25) is 5.91 Å². The van der Waals surface area contributed by atoms with Crippen LogP contribution in [0.15, 0.2) is 0 Å². The first-order valence-electron chi connectivity index (χ1n) is 7.67. The van der Waals surface area contributed by atoms with Crippen LogP contribution in [0, 0.1) is 11.8 Å². The van der Waals surface area contributed by atoms with Crippen LogP contribution in [0.1, 0.15) is 47.0 Å². The maximum Gasteiger partial charge on any atom is 0.236 e. The summed E-state index contributed by atoms with van der Waals surface area (Å²) in [5.41, 5.74) is 5.88. The Kier molecular flexibility index (Phi) is 12.8. The summed E-state index contributed by atoms with van der Waals surface area (Å²) < 4.78 is 0. The number of nitrogens with two attached hydrogens (primary N) is 1. The maximum atomic E-state index is 11.9. The van der Waals surface area contributed by atoms with Gasteiger partial charge in [0.15, 0.2) is 0 Å². The van der Waals surface area contributed by atoms with Crippen LogP contribution < -0.4 is 11.1 Å². The van der Waals surface area contributed by atoms with Crippen molar-refractivity contribution in [3.8, 4) is 0 Å². The number of piperidine rings is 1. The summed E-state index contributed by atoms with van der Waals surface area (Å²) in [6.07, 6.45) is 3.29. The summed E-state index contributed by atoms with van der Waals surface area (Å²) in [5.74, 6) is 1.30. The average Bonchev–Trinajstić information content (AvgIpc) is 2.35. The molecule has 1 fully saturated rings. The fourth-order valence-corrected chi connectivity index (χ4v) is 2.59. The number of nitrogens with one attached hydrogen (secondary N) is 1. The monoisotopic (exact) mass is 341 g/mol. The quantitative estimate of drug-likeness (QED) is 0.779. The van der Waals surface area contributed by atoms with Gasteiger partial charge in [-0.2, -0.15) is 0 Å². The third-order valence-corrected chi connectivity index (χ3v) is 4.08. The lowest BCUT2D eigenvalue weighted by molar-refractivity contribution is -0.122. The molecule has 0 aliphatic carbocycles. The van der Waals surface area contributed by atoms with Crippen molar-refractivity contribution in [2.45, 2.75) is 59.0 Å². The fraction of sp³-hybridized carbons (Fsp3) is 0.933. The summed E-state index contributed by atoms with van der Waals surface area (Å²) in [7, 11) is 0. The molecule has 0 bridgehead atoms. The summed E-state index contributed by atoms with van der Waals surface area (Å²) in [6.45, 7) is 11.7. The number of likely N-dealkylation sites (tertiary alicyclic amines) is 1. The van der Waals surface area contributed by atoms with Gasteiger partial charge in [-0.25, -0.2) is 0 Å². The second kappa shape index (κ2) is 11.5. The van der Waals surface area contributed by atoms with Crippen LogP contribution in [0.2, 0.25) is 0 Å². The van der Waals surface area contributed by atoms with Crippen molar-refractivity contribution in [2.75, 3.05) is 19.6 Å². The van der Waals surface area contributed by atoms with Crippen molar-refractivity contribution in [1.82, 2.24) is 10.2 Å². The standard InChI is InChI=1S/C15H31N3O.2ClH/c1-11(2)9-14(16)15(19)17-10-13(4)18-7-5-12(3)6-8-18;;/h11-14H,5-10,16H2,1-4H3,(H,17,19);2*1H/t13?,14-;;/m0../s1. The minimum atomic E-state index is -0.367. The van der Waals surface area contributed by atoms with E-state index in [4.69, 9.17) is 5.73 Å². The Morgan fingerprint density at radius 1 is 1.24 bits per heavy atom. The van der Waals surface area contributed by atoms with Gasteiger partial charge in [-0.3, -0.25) is 9.69 Å². The molecule has 6 heteroatoms. The zero-order chi connectivity index (χ0) is 14.4. The van der Waals surface area contributed by atoms with Gasteiger partial charge < -0.3 is 11.1 Å². The Bertz CT molecular complexity index is 282. The molecule has 0 aromatic heterocycles.